The van der Waals surface area contributed by atoms with Crippen molar-refractivity contribution < 1.29 is 9.59 Å². The molecule has 1 unspecified atom stereocenters. The van der Waals surface area contributed by atoms with Gasteiger partial charge in [-0.1, -0.05) is 6.92 Å². The van der Waals surface area contributed by atoms with Gasteiger partial charge in [0.1, 0.15) is 6.33 Å². The molecule has 21 heavy (non-hydrogen) atoms. The monoisotopic (exact) mass is 292 g/mol. The van der Waals surface area contributed by atoms with E-state index in [4.69, 9.17) is 0 Å². The van der Waals surface area contributed by atoms with Gasteiger partial charge in [0.2, 0.25) is 0 Å². The molecule has 3 amide bonds. The van der Waals surface area contributed by atoms with Crippen LogP contribution in [-0.2, 0) is 17.9 Å². The molecule has 2 rings (SSSR count). The van der Waals surface area contributed by atoms with E-state index in [-0.39, 0.29) is 18.0 Å². The van der Waals surface area contributed by atoms with Crippen LogP contribution < -0.4 is 16.0 Å². The van der Waals surface area contributed by atoms with E-state index in [1.54, 1.807) is 20.2 Å². The van der Waals surface area contributed by atoms with Crippen molar-refractivity contribution >= 4 is 11.9 Å². The normalized spacial score (nSPS) is 18.2. The summed E-state index contributed by atoms with van der Waals surface area (Å²) < 4.78 is 1.91. The largest absolute Gasteiger partial charge is 0.345 e. The van der Waals surface area contributed by atoms with Gasteiger partial charge < -0.3 is 20.5 Å². The number of nitrogens with one attached hydrogen (secondary N) is 3. The minimum atomic E-state index is -0.327. The zero-order chi connectivity index (χ0) is 15.4. The minimum Gasteiger partial charge on any atom is -0.345 e. The number of aromatic nitrogens is 3. The summed E-state index contributed by atoms with van der Waals surface area (Å²) in [5.41, 5.74) is 1.09. The highest BCUT2D eigenvalue weighted by molar-refractivity contribution is 5.98. The van der Waals surface area contributed by atoms with Crippen LogP contribution in [0, 0.1) is 0 Å². The maximum Gasteiger partial charge on any atom is 0.319 e. The van der Waals surface area contributed by atoms with Crippen molar-refractivity contribution in [2.24, 2.45) is 0 Å². The van der Waals surface area contributed by atoms with E-state index in [1.807, 2.05) is 4.57 Å². The smallest absolute Gasteiger partial charge is 0.319 e. The van der Waals surface area contributed by atoms with Crippen molar-refractivity contribution in [3.8, 4) is 0 Å². The van der Waals surface area contributed by atoms with Gasteiger partial charge in [0, 0.05) is 12.2 Å². The fourth-order valence-electron chi connectivity index (χ4n) is 2.33. The van der Waals surface area contributed by atoms with Crippen molar-refractivity contribution in [1.82, 2.24) is 30.7 Å². The second-order valence-electron chi connectivity index (χ2n) is 4.98. The van der Waals surface area contributed by atoms with Crippen molar-refractivity contribution in [3.05, 3.63) is 23.4 Å². The van der Waals surface area contributed by atoms with Crippen LogP contribution in [0.15, 0.2) is 17.6 Å². The molecular formula is C13H20N6O2. The molecule has 114 valence electrons. The van der Waals surface area contributed by atoms with E-state index in [2.05, 4.69) is 33.1 Å². The molecule has 1 atom stereocenters. The molecule has 1 aliphatic rings. The van der Waals surface area contributed by atoms with Crippen molar-refractivity contribution in [3.63, 3.8) is 0 Å². The third-order valence-corrected chi connectivity index (χ3v) is 3.30. The molecule has 0 aliphatic carbocycles. The number of aryl methyl sites for hydroxylation is 1. The maximum atomic E-state index is 12.3. The van der Waals surface area contributed by atoms with Gasteiger partial charge in [-0.2, -0.15) is 0 Å². The van der Waals surface area contributed by atoms with Gasteiger partial charge in [0.25, 0.3) is 5.91 Å². The molecule has 0 bridgehead atoms. The van der Waals surface area contributed by atoms with Crippen LogP contribution in [-0.4, -0.2) is 32.7 Å². The Hall–Kier alpha value is -2.38. The van der Waals surface area contributed by atoms with Crippen LogP contribution in [0.5, 0.6) is 0 Å². The first kappa shape index (κ1) is 15.0. The van der Waals surface area contributed by atoms with E-state index >= 15 is 0 Å². The van der Waals surface area contributed by atoms with E-state index in [1.165, 1.54) is 0 Å². The van der Waals surface area contributed by atoms with Crippen molar-refractivity contribution in [1.29, 1.82) is 0 Å². The molecule has 0 fully saturated rings. The van der Waals surface area contributed by atoms with Gasteiger partial charge in [-0.25, -0.2) is 4.79 Å². The van der Waals surface area contributed by atoms with Gasteiger partial charge >= 0.3 is 6.03 Å². The zero-order valence-electron chi connectivity index (χ0n) is 12.4. The molecule has 1 aromatic heterocycles. The predicted octanol–water partition coefficient (Wildman–Crippen LogP) is 0.280. The molecule has 0 spiro atoms. The summed E-state index contributed by atoms with van der Waals surface area (Å²) in [6.45, 7) is 6.67. The summed E-state index contributed by atoms with van der Waals surface area (Å²) in [6, 6.07) is -0.619. The third-order valence-electron chi connectivity index (χ3n) is 3.30. The number of hydrogen-bond acceptors (Lipinski definition) is 4. The number of hydrogen-bond donors (Lipinski definition) is 3. The lowest BCUT2D eigenvalue weighted by Gasteiger charge is -2.25. The van der Waals surface area contributed by atoms with Crippen molar-refractivity contribution in [2.75, 3.05) is 0 Å². The summed E-state index contributed by atoms with van der Waals surface area (Å²) in [5, 5.41) is 15.9. The van der Waals surface area contributed by atoms with Crippen molar-refractivity contribution in [2.45, 2.75) is 46.3 Å². The number of carbonyl (C=O) groups is 2. The molecule has 1 aliphatic heterocycles. The number of urea groups is 1. The third kappa shape index (κ3) is 3.39. The first-order chi connectivity index (χ1) is 10.0. The average molecular weight is 292 g/mol. The van der Waals surface area contributed by atoms with Gasteiger partial charge in [-0.15, -0.1) is 10.2 Å². The van der Waals surface area contributed by atoms with Gasteiger partial charge in [-0.3, -0.25) is 4.79 Å². The maximum absolute atomic E-state index is 12.3. The Morgan fingerprint density at radius 2 is 2.29 bits per heavy atom. The number of carbonyl (C=O) groups excluding carboxylic acids is 2. The van der Waals surface area contributed by atoms with Crippen LogP contribution in [0.2, 0.25) is 0 Å². The molecule has 0 aromatic carbocycles. The molecule has 3 N–H and O–H groups in total. The topological polar surface area (TPSA) is 101 Å². The fourth-order valence-corrected chi connectivity index (χ4v) is 2.33. The standard InChI is InChI=1S/C13H20N6O2/c1-4-5-19-7-15-18-10(19)6-14-12(20)11-8(2)16-13(21)17-9(11)3/h7-8H,4-6H2,1-3H3,(H,14,20)(H2,16,17,21). The van der Waals surface area contributed by atoms with Crippen LogP contribution in [0.25, 0.3) is 0 Å². The fraction of sp³-hybridized carbons (Fsp3) is 0.538. The summed E-state index contributed by atoms with van der Waals surface area (Å²) in [7, 11) is 0. The molecule has 0 radical (unpaired) electrons. The number of rotatable bonds is 5. The van der Waals surface area contributed by atoms with Crippen LogP contribution in [0.3, 0.4) is 0 Å². The summed E-state index contributed by atoms with van der Waals surface area (Å²) >= 11 is 0. The first-order valence-corrected chi connectivity index (χ1v) is 6.96. The number of allylic oxidation sites excluding steroid dienone is 1. The molecule has 0 saturated carbocycles. The molecule has 0 saturated heterocycles. The highest BCUT2D eigenvalue weighted by atomic mass is 16.2. The Kier molecular flexibility index (Phi) is 4.56. The van der Waals surface area contributed by atoms with Crippen LogP contribution >= 0.6 is 0 Å². The summed E-state index contributed by atoms with van der Waals surface area (Å²) in [6.07, 6.45) is 2.62. The quantitative estimate of drug-likeness (QED) is 0.725. The molecule has 2 heterocycles. The Morgan fingerprint density at radius 1 is 1.52 bits per heavy atom. The average Bonchev–Trinajstić information content (AvgIpc) is 2.83. The van der Waals surface area contributed by atoms with Crippen LogP contribution in [0.1, 0.15) is 33.0 Å². The minimum absolute atomic E-state index is 0.224. The highest BCUT2D eigenvalue weighted by Gasteiger charge is 2.26. The Morgan fingerprint density at radius 3 is 2.95 bits per heavy atom. The lowest BCUT2D eigenvalue weighted by Crippen LogP contribution is -2.50. The molecule has 8 nitrogen and oxygen atoms in total. The van der Waals surface area contributed by atoms with E-state index in [0.717, 1.165) is 13.0 Å². The van der Waals surface area contributed by atoms with Gasteiger partial charge in [0.05, 0.1) is 18.2 Å². The predicted molar refractivity (Wildman–Crippen MR) is 76.0 cm³/mol. The second-order valence-corrected chi connectivity index (χ2v) is 4.98. The van der Waals surface area contributed by atoms with E-state index < -0.39 is 0 Å². The highest BCUT2D eigenvalue weighted by Crippen LogP contribution is 2.12. The number of amides is 3. The molecule has 1 aromatic rings. The summed E-state index contributed by atoms with van der Waals surface area (Å²) in [5.74, 6) is 0.488. The Balaban J connectivity index is 2.03. The SMILES string of the molecule is CCCn1cnnc1CNC(=O)C1=C(C)NC(=O)NC1C. The summed E-state index contributed by atoms with van der Waals surface area (Å²) in [4.78, 5) is 23.6. The molecule has 8 heteroatoms. The zero-order valence-corrected chi connectivity index (χ0v) is 12.4. The van der Waals surface area contributed by atoms with E-state index in [0.29, 0.717) is 23.6 Å². The van der Waals surface area contributed by atoms with E-state index in [9.17, 15) is 9.59 Å². The van der Waals surface area contributed by atoms with Gasteiger partial charge in [0.15, 0.2) is 5.82 Å². The first-order valence-electron chi connectivity index (χ1n) is 6.96. The van der Waals surface area contributed by atoms with Gasteiger partial charge in [-0.05, 0) is 20.3 Å². The lowest BCUT2D eigenvalue weighted by molar-refractivity contribution is -0.118. The number of nitrogens with zero attached hydrogens (tertiary/aromatic N) is 3. The Bertz CT molecular complexity index is 577. The lowest BCUT2D eigenvalue weighted by atomic mass is 10.0. The van der Waals surface area contributed by atoms with Crippen LogP contribution in [0.4, 0.5) is 4.79 Å². The molecular weight excluding hydrogens is 272 g/mol. The second kappa shape index (κ2) is 6.38. The Labute approximate surface area is 123 Å².